The average molecular weight is 356 g/mol. The molecule has 0 aliphatic carbocycles. The number of nitrogens with one attached hydrogen (secondary N) is 1. The van der Waals surface area contributed by atoms with Gasteiger partial charge >= 0.3 is 0 Å². The van der Waals surface area contributed by atoms with E-state index in [1.807, 2.05) is 18.7 Å². The van der Waals surface area contributed by atoms with E-state index in [4.69, 9.17) is 11.6 Å². The molecular weight excluding hydrogens is 333 g/mol. The summed E-state index contributed by atoms with van der Waals surface area (Å²) in [6.07, 6.45) is 0.0621. The normalized spacial score (nSPS) is 18.6. The van der Waals surface area contributed by atoms with Gasteiger partial charge in [-0.2, -0.15) is 0 Å². The summed E-state index contributed by atoms with van der Waals surface area (Å²) in [6.45, 7) is 5.03. The van der Waals surface area contributed by atoms with Crippen molar-refractivity contribution in [3.05, 3.63) is 34.6 Å². The maximum absolute atomic E-state index is 14.0. The number of piperazine rings is 1. The zero-order valence-corrected chi connectivity index (χ0v) is 14.9. The van der Waals surface area contributed by atoms with Crippen molar-refractivity contribution in [3.63, 3.8) is 0 Å². The molecular formula is C17H23ClFN3O2. The van der Waals surface area contributed by atoms with Gasteiger partial charge in [-0.05, 0) is 26.0 Å². The number of halogens is 2. The predicted octanol–water partition coefficient (Wildman–Crippen LogP) is 2.04. The van der Waals surface area contributed by atoms with Gasteiger partial charge in [0, 0.05) is 43.3 Å². The molecule has 0 saturated carbocycles. The van der Waals surface area contributed by atoms with E-state index in [2.05, 4.69) is 5.32 Å². The van der Waals surface area contributed by atoms with Crippen molar-refractivity contribution in [1.82, 2.24) is 15.1 Å². The summed E-state index contributed by atoms with van der Waals surface area (Å²) in [4.78, 5) is 28.0. The fourth-order valence-electron chi connectivity index (χ4n) is 2.66. The average Bonchev–Trinajstić information content (AvgIpc) is 2.53. The number of carbonyl (C=O) groups is 2. The SMILES string of the molecule is CC(C)N(C)C(=O)C[C@@H]1C(=O)NCCN1Cc1c(F)cccc1Cl. The number of amides is 2. The van der Waals surface area contributed by atoms with Crippen molar-refractivity contribution in [2.45, 2.75) is 38.9 Å². The zero-order valence-electron chi connectivity index (χ0n) is 14.2. The summed E-state index contributed by atoms with van der Waals surface area (Å²) >= 11 is 6.09. The van der Waals surface area contributed by atoms with Gasteiger partial charge in [0.1, 0.15) is 5.82 Å². The lowest BCUT2D eigenvalue weighted by Crippen LogP contribution is -2.56. The molecule has 1 aliphatic rings. The van der Waals surface area contributed by atoms with Gasteiger partial charge in [-0.1, -0.05) is 17.7 Å². The number of hydrogen-bond acceptors (Lipinski definition) is 3. The van der Waals surface area contributed by atoms with Crippen molar-refractivity contribution < 1.29 is 14.0 Å². The van der Waals surface area contributed by atoms with Crippen LogP contribution in [0.15, 0.2) is 18.2 Å². The number of carbonyl (C=O) groups excluding carboxylic acids is 2. The van der Waals surface area contributed by atoms with Crippen LogP contribution in [0.4, 0.5) is 4.39 Å². The van der Waals surface area contributed by atoms with Crippen molar-refractivity contribution >= 4 is 23.4 Å². The summed E-state index contributed by atoms with van der Waals surface area (Å²) in [7, 11) is 1.71. The Bertz CT molecular complexity index is 604. The Morgan fingerprint density at radius 3 is 2.83 bits per heavy atom. The highest BCUT2D eigenvalue weighted by atomic mass is 35.5. The Morgan fingerprint density at radius 2 is 2.21 bits per heavy atom. The second kappa shape index (κ2) is 7.94. The smallest absolute Gasteiger partial charge is 0.237 e. The fraction of sp³-hybridized carbons (Fsp3) is 0.529. The summed E-state index contributed by atoms with van der Waals surface area (Å²) in [5.41, 5.74) is 0.350. The third-order valence-corrected chi connectivity index (χ3v) is 4.75. The van der Waals surface area contributed by atoms with Crippen molar-refractivity contribution in [2.75, 3.05) is 20.1 Å². The molecule has 1 saturated heterocycles. The van der Waals surface area contributed by atoms with Crippen LogP contribution in [0.1, 0.15) is 25.8 Å². The van der Waals surface area contributed by atoms with Crippen molar-refractivity contribution in [3.8, 4) is 0 Å². The minimum Gasteiger partial charge on any atom is -0.353 e. The molecule has 132 valence electrons. The van der Waals surface area contributed by atoms with Crippen LogP contribution in [0.25, 0.3) is 0 Å². The first-order valence-corrected chi connectivity index (χ1v) is 8.39. The van der Waals surface area contributed by atoms with Crippen LogP contribution in [-0.4, -0.2) is 53.8 Å². The molecule has 2 amide bonds. The monoisotopic (exact) mass is 355 g/mol. The summed E-state index contributed by atoms with van der Waals surface area (Å²) in [5.74, 6) is -0.728. The van der Waals surface area contributed by atoms with Gasteiger partial charge in [-0.3, -0.25) is 14.5 Å². The van der Waals surface area contributed by atoms with Crippen LogP contribution in [-0.2, 0) is 16.1 Å². The molecule has 1 aliphatic heterocycles. The van der Waals surface area contributed by atoms with Gasteiger partial charge < -0.3 is 10.2 Å². The van der Waals surface area contributed by atoms with Gasteiger partial charge in [0.2, 0.25) is 11.8 Å². The van der Waals surface area contributed by atoms with Crippen LogP contribution in [0.3, 0.4) is 0 Å². The minimum absolute atomic E-state index is 0.0543. The minimum atomic E-state index is -0.622. The first-order valence-electron chi connectivity index (χ1n) is 8.01. The van der Waals surface area contributed by atoms with Gasteiger partial charge in [0.05, 0.1) is 12.5 Å². The molecule has 0 spiro atoms. The Labute approximate surface area is 146 Å². The number of benzene rings is 1. The molecule has 5 nitrogen and oxygen atoms in total. The van der Waals surface area contributed by atoms with Crippen LogP contribution in [0.2, 0.25) is 5.02 Å². The van der Waals surface area contributed by atoms with Crippen molar-refractivity contribution in [2.24, 2.45) is 0 Å². The molecule has 24 heavy (non-hydrogen) atoms. The molecule has 0 unspecified atom stereocenters. The predicted molar refractivity (Wildman–Crippen MR) is 91.1 cm³/mol. The largest absolute Gasteiger partial charge is 0.353 e. The maximum Gasteiger partial charge on any atom is 0.237 e. The highest BCUT2D eigenvalue weighted by Gasteiger charge is 2.33. The maximum atomic E-state index is 14.0. The lowest BCUT2D eigenvalue weighted by Gasteiger charge is -2.36. The molecule has 0 aromatic heterocycles. The Balaban J connectivity index is 2.17. The lowest BCUT2D eigenvalue weighted by molar-refractivity contribution is -0.139. The van der Waals surface area contributed by atoms with Crippen molar-refractivity contribution in [1.29, 1.82) is 0 Å². The Kier molecular flexibility index (Phi) is 6.18. The van der Waals surface area contributed by atoms with Gasteiger partial charge in [-0.25, -0.2) is 4.39 Å². The fourth-order valence-corrected chi connectivity index (χ4v) is 2.88. The third-order valence-electron chi connectivity index (χ3n) is 4.40. The summed E-state index contributed by atoms with van der Waals surface area (Å²) in [5, 5.41) is 3.10. The van der Waals surface area contributed by atoms with Gasteiger partial charge in [0.25, 0.3) is 0 Å². The van der Waals surface area contributed by atoms with E-state index >= 15 is 0 Å². The molecule has 1 heterocycles. The summed E-state index contributed by atoms with van der Waals surface area (Å²) in [6, 6.07) is 3.94. The van der Waals surface area contributed by atoms with Crippen LogP contribution in [0.5, 0.6) is 0 Å². The number of nitrogens with zero attached hydrogens (tertiary/aromatic N) is 2. The standard InChI is InChI=1S/C17H23ClFN3O2/c1-11(2)21(3)16(23)9-15-17(24)20-7-8-22(15)10-12-13(18)5-4-6-14(12)19/h4-6,11,15H,7-10H2,1-3H3,(H,20,24)/t15-/m1/s1. The van der Waals surface area contributed by atoms with E-state index in [9.17, 15) is 14.0 Å². The van der Waals surface area contributed by atoms with E-state index in [1.54, 1.807) is 24.1 Å². The molecule has 0 radical (unpaired) electrons. The molecule has 1 aromatic carbocycles. The Hall–Kier alpha value is -1.66. The quantitative estimate of drug-likeness (QED) is 0.879. The molecule has 1 fully saturated rings. The molecule has 1 N–H and O–H groups in total. The number of rotatable bonds is 5. The Morgan fingerprint density at radius 1 is 1.50 bits per heavy atom. The third kappa shape index (κ3) is 4.24. The first kappa shape index (κ1) is 18.7. The highest BCUT2D eigenvalue weighted by Crippen LogP contribution is 2.23. The highest BCUT2D eigenvalue weighted by molar-refractivity contribution is 6.31. The van der Waals surface area contributed by atoms with E-state index in [0.717, 1.165) is 0 Å². The first-order chi connectivity index (χ1) is 11.3. The molecule has 1 atom stereocenters. The summed E-state index contributed by atoms with van der Waals surface area (Å²) < 4.78 is 14.0. The van der Waals surface area contributed by atoms with Crippen LogP contribution in [0, 0.1) is 5.82 Å². The second-order valence-corrected chi connectivity index (χ2v) is 6.69. The van der Waals surface area contributed by atoms with Gasteiger partial charge in [-0.15, -0.1) is 0 Å². The van der Waals surface area contributed by atoms with Gasteiger partial charge in [0.15, 0.2) is 0 Å². The van der Waals surface area contributed by atoms with Crippen LogP contribution >= 0.6 is 11.6 Å². The van der Waals surface area contributed by atoms with E-state index in [0.29, 0.717) is 23.7 Å². The molecule has 2 rings (SSSR count). The number of hydrogen-bond donors (Lipinski definition) is 1. The topological polar surface area (TPSA) is 52.7 Å². The van der Waals surface area contributed by atoms with E-state index in [-0.39, 0.29) is 30.8 Å². The van der Waals surface area contributed by atoms with E-state index in [1.165, 1.54) is 6.07 Å². The van der Waals surface area contributed by atoms with E-state index < -0.39 is 11.9 Å². The molecule has 7 heteroatoms. The van der Waals surface area contributed by atoms with Crippen LogP contribution < -0.4 is 5.32 Å². The molecule has 1 aromatic rings. The second-order valence-electron chi connectivity index (χ2n) is 6.28. The lowest BCUT2D eigenvalue weighted by atomic mass is 10.1. The molecule has 0 bridgehead atoms. The zero-order chi connectivity index (χ0) is 17.9.